The van der Waals surface area contributed by atoms with Gasteiger partial charge in [0.15, 0.2) is 0 Å². The van der Waals surface area contributed by atoms with Gasteiger partial charge in [0.05, 0.1) is 35.6 Å². The zero-order valence-corrected chi connectivity index (χ0v) is 39.5. The summed E-state index contributed by atoms with van der Waals surface area (Å²) in [5.74, 6) is 0.450. The summed E-state index contributed by atoms with van der Waals surface area (Å²) in [5, 5.41) is 14.0. The van der Waals surface area contributed by atoms with Crippen molar-refractivity contribution < 1.29 is 27.8 Å². The summed E-state index contributed by atoms with van der Waals surface area (Å²) in [6.45, 7) is 8.41. The molecule has 6 aromatic rings. The molecule has 0 aliphatic carbocycles. The van der Waals surface area contributed by atoms with Crippen LogP contribution >= 0.6 is 31.9 Å². The maximum atomic E-state index is 14.9. The molecule has 4 aromatic carbocycles. The van der Waals surface area contributed by atoms with Crippen molar-refractivity contribution in [2.45, 2.75) is 77.7 Å². The van der Waals surface area contributed by atoms with Gasteiger partial charge in [-0.25, -0.2) is 13.6 Å². The van der Waals surface area contributed by atoms with E-state index < -0.39 is 5.60 Å². The summed E-state index contributed by atoms with van der Waals surface area (Å²) in [4.78, 5) is 13.6. The minimum Gasteiger partial charge on any atom is -0.493 e. The lowest BCUT2D eigenvalue weighted by Crippen LogP contribution is -2.34. The third-order valence-corrected chi connectivity index (χ3v) is 10.9. The SMILES string of the molecule is CN(CCCCCCOc1ccc(-c2c3ccc(Br)cc3nn2C)c(F)c1)C(=O)OC(C)(C)C.CNCCCCCCOc1ccc(-c2c3ccc(Br)cc3nn2C)c(F)c1. The van der Waals surface area contributed by atoms with E-state index >= 15 is 0 Å². The van der Waals surface area contributed by atoms with Crippen LogP contribution < -0.4 is 14.8 Å². The summed E-state index contributed by atoms with van der Waals surface area (Å²) in [7, 11) is 7.37. The van der Waals surface area contributed by atoms with Crippen LogP contribution in [0.4, 0.5) is 13.6 Å². The fraction of sp³-hybridized carbons (Fsp3) is 0.426. The van der Waals surface area contributed by atoms with Crippen molar-refractivity contribution in [3.63, 3.8) is 0 Å². The lowest BCUT2D eigenvalue weighted by Gasteiger charge is -2.24. The van der Waals surface area contributed by atoms with Gasteiger partial charge in [0.2, 0.25) is 0 Å². The minimum absolute atomic E-state index is 0.297. The molecule has 2 aromatic heterocycles. The minimum atomic E-state index is -0.483. The lowest BCUT2D eigenvalue weighted by molar-refractivity contribution is 0.0296. The fourth-order valence-electron chi connectivity index (χ4n) is 6.91. The van der Waals surface area contributed by atoms with Gasteiger partial charge in [-0.3, -0.25) is 9.36 Å². The normalized spacial score (nSPS) is 11.5. The van der Waals surface area contributed by atoms with Crippen molar-refractivity contribution in [2.24, 2.45) is 14.1 Å². The van der Waals surface area contributed by atoms with E-state index in [4.69, 9.17) is 14.2 Å². The van der Waals surface area contributed by atoms with Gasteiger partial charge in [0, 0.05) is 70.7 Å². The summed E-state index contributed by atoms with van der Waals surface area (Å²) in [6, 6.07) is 21.7. The highest BCUT2D eigenvalue weighted by atomic mass is 79.9. The second-order valence-corrected chi connectivity index (χ2v) is 17.9. The van der Waals surface area contributed by atoms with Crippen LogP contribution in [0.3, 0.4) is 0 Å². The van der Waals surface area contributed by atoms with Crippen molar-refractivity contribution >= 4 is 59.8 Å². The van der Waals surface area contributed by atoms with E-state index in [1.54, 1.807) is 39.5 Å². The molecule has 0 aliphatic rings. The number of rotatable bonds is 18. The van der Waals surface area contributed by atoms with Gasteiger partial charge < -0.3 is 24.4 Å². The van der Waals surface area contributed by atoms with Gasteiger partial charge in [-0.1, -0.05) is 57.5 Å². The molecular formula is C47H58Br2F2N6O4. The van der Waals surface area contributed by atoms with Crippen LogP contribution in [0.15, 0.2) is 81.7 Å². The maximum Gasteiger partial charge on any atom is 0.410 e. The molecule has 0 radical (unpaired) electrons. The maximum absolute atomic E-state index is 14.9. The second-order valence-electron chi connectivity index (χ2n) is 16.1. The number of carbonyl (C=O) groups is 1. The number of unbranched alkanes of at least 4 members (excludes halogenated alkanes) is 6. The predicted octanol–water partition coefficient (Wildman–Crippen LogP) is 12.2. The summed E-state index contributed by atoms with van der Waals surface area (Å²) >= 11 is 6.90. The first kappa shape index (κ1) is 47.5. The largest absolute Gasteiger partial charge is 0.493 e. The van der Waals surface area contributed by atoms with Gasteiger partial charge in [0.25, 0.3) is 0 Å². The Morgan fingerprint density at radius 3 is 1.59 bits per heavy atom. The Morgan fingerprint density at radius 2 is 1.15 bits per heavy atom. The first-order valence-corrected chi connectivity index (χ1v) is 22.4. The van der Waals surface area contributed by atoms with Crippen LogP contribution in [0.5, 0.6) is 11.5 Å². The number of aryl methyl sites for hydroxylation is 2. The highest BCUT2D eigenvalue weighted by Crippen LogP contribution is 2.35. The first-order chi connectivity index (χ1) is 29.1. The average molecular weight is 969 g/mol. The third kappa shape index (κ3) is 13.7. The fourth-order valence-corrected chi connectivity index (χ4v) is 7.61. The van der Waals surface area contributed by atoms with E-state index in [1.807, 2.05) is 84.4 Å². The Morgan fingerprint density at radius 1 is 0.689 bits per heavy atom. The van der Waals surface area contributed by atoms with Gasteiger partial charge in [-0.15, -0.1) is 0 Å². The number of amides is 1. The van der Waals surface area contributed by atoms with Gasteiger partial charge in [0.1, 0.15) is 28.7 Å². The van der Waals surface area contributed by atoms with Gasteiger partial charge in [-0.2, -0.15) is 10.2 Å². The van der Waals surface area contributed by atoms with E-state index in [2.05, 4.69) is 47.4 Å². The Kier molecular flexibility index (Phi) is 17.5. The molecular weight excluding hydrogens is 910 g/mol. The molecule has 0 saturated heterocycles. The number of hydrogen-bond donors (Lipinski definition) is 1. The average Bonchev–Trinajstić information content (AvgIpc) is 3.70. The number of hydrogen-bond acceptors (Lipinski definition) is 7. The lowest BCUT2D eigenvalue weighted by atomic mass is 10.1. The van der Waals surface area contributed by atoms with Crippen molar-refractivity contribution in [1.29, 1.82) is 0 Å². The number of ether oxygens (including phenoxy) is 3. The van der Waals surface area contributed by atoms with E-state index in [9.17, 15) is 13.6 Å². The van der Waals surface area contributed by atoms with E-state index in [1.165, 1.54) is 25.0 Å². The number of nitrogens with zero attached hydrogens (tertiary/aromatic N) is 5. The number of fused-ring (bicyclic) bond motifs is 2. The molecule has 0 aliphatic heterocycles. The molecule has 0 fully saturated rings. The third-order valence-electron chi connectivity index (χ3n) is 9.94. The highest BCUT2D eigenvalue weighted by molar-refractivity contribution is 9.10. The molecule has 10 nitrogen and oxygen atoms in total. The number of carbonyl (C=O) groups excluding carboxylic acids is 1. The highest BCUT2D eigenvalue weighted by Gasteiger charge is 2.20. The van der Waals surface area contributed by atoms with Crippen molar-refractivity contribution in [2.75, 3.05) is 40.4 Å². The quantitative estimate of drug-likeness (QED) is 0.0857. The Labute approximate surface area is 375 Å². The van der Waals surface area contributed by atoms with Crippen LogP contribution in [0.1, 0.15) is 72.1 Å². The number of nitrogens with one attached hydrogen (secondary N) is 1. The molecule has 0 atom stereocenters. The molecule has 6 rings (SSSR count). The van der Waals surface area contributed by atoms with Crippen LogP contribution in [-0.2, 0) is 18.8 Å². The molecule has 0 unspecified atom stereocenters. The molecule has 0 bridgehead atoms. The van der Waals surface area contributed by atoms with E-state index in [0.717, 1.165) is 87.2 Å². The molecule has 1 amide bonds. The predicted molar refractivity (Wildman–Crippen MR) is 248 cm³/mol. The van der Waals surface area contributed by atoms with Gasteiger partial charge >= 0.3 is 6.09 Å². The first-order valence-electron chi connectivity index (χ1n) is 20.8. The molecule has 1 N–H and O–H groups in total. The molecule has 2 heterocycles. The molecule has 61 heavy (non-hydrogen) atoms. The molecule has 0 saturated carbocycles. The van der Waals surface area contributed by atoms with Crippen molar-refractivity contribution in [1.82, 2.24) is 29.8 Å². The molecule has 328 valence electrons. The number of halogens is 4. The van der Waals surface area contributed by atoms with Crippen LogP contribution in [0, 0.1) is 11.6 Å². The number of aromatic nitrogens is 4. The summed E-state index contributed by atoms with van der Waals surface area (Å²) in [5.41, 5.74) is 3.69. The molecule has 14 heteroatoms. The second kappa shape index (κ2) is 22.5. The zero-order valence-electron chi connectivity index (χ0n) is 36.3. The topological polar surface area (TPSA) is 95.7 Å². The smallest absolute Gasteiger partial charge is 0.410 e. The van der Waals surface area contributed by atoms with Crippen LogP contribution in [0.25, 0.3) is 44.3 Å². The Balaban J connectivity index is 0.000000237. The van der Waals surface area contributed by atoms with E-state index in [-0.39, 0.29) is 17.7 Å². The van der Waals surface area contributed by atoms with Crippen molar-refractivity contribution in [3.05, 3.63) is 93.4 Å². The summed E-state index contributed by atoms with van der Waals surface area (Å²) < 4.78 is 51.9. The van der Waals surface area contributed by atoms with Crippen LogP contribution in [0.2, 0.25) is 0 Å². The van der Waals surface area contributed by atoms with Gasteiger partial charge in [-0.05, 0) is 121 Å². The zero-order chi connectivity index (χ0) is 44.1. The Hall–Kier alpha value is -4.53. The van der Waals surface area contributed by atoms with Crippen LogP contribution in [-0.4, -0.2) is 76.6 Å². The molecule has 0 spiro atoms. The Bertz CT molecular complexity index is 2380. The number of benzene rings is 4. The van der Waals surface area contributed by atoms with E-state index in [0.29, 0.717) is 42.4 Å². The monoisotopic (exact) mass is 966 g/mol. The van der Waals surface area contributed by atoms with Crippen molar-refractivity contribution in [3.8, 4) is 34.0 Å². The standard InChI is InChI=1S/C26H33BrFN3O3.C21H25BrFN3O/c1-26(2,3)34-25(32)30(4)14-8-6-7-9-15-33-19-11-13-20(22(28)17-19)24-21-12-10-18(27)16-23(21)29-31(24)5;1-24-11-5-3-4-6-12-27-16-8-10-17(19(23)14-16)21-18-9-7-15(22)13-20(18)25-26(21)2/h10-13,16-17H,6-9,14-15H2,1-5H3;7-10,13-14,24H,3-6,11-12H2,1-2H3. The summed E-state index contributed by atoms with van der Waals surface area (Å²) in [6.07, 6.45) is 7.87.